The van der Waals surface area contributed by atoms with Crippen molar-refractivity contribution < 1.29 is 13.9 Å². The number of anilines is 1. The molecule has 1 fully saturated rings. The number of rotatable bonds is 3. The van der Waals surface area contributed by atoms with Crippen LogP contribution >= 0.6 is 0 Å². The first-order chi connectivity index (χ1) is 11.2. The fourth-order valence-corrected chi connectivity index (χ4v) is 2.99. The molecule has 120 valence electrons. The van der Waals surface area contributed by atoms with E-state index in [2.05, 4.69) is 5.32 Å². The zero-order chi connectivity index (χ0) is 16.2. The van der Waals surface area contributed by atoms with Gasteiger partial charge in [0.2, 0.25) is 0 Å². The number of likely N-dealkylation sites (tertiary alicyclic amines) is 1. The molecule has 2 aromatic carbocycles. The molecule has 1 heterocycles. The number of carbonyl (C=O) groups is 1. The number of carbonyl (C=O) groups excluding carboxylic acids is 1. The minimum absolute atomic E-state index is 0.0719. The second kappa shape index (κ2) is 6.69. The van der Waals surface area contributed by atoms with Crippen LogP contribution in [-0.4, -0.2) is 24.6 Å². The summed E-state index contributed by atoms with van der Waals surface area (Å²) in [6.45, 7) is 0.703. The van der Waals surface area contributed by atoms with Crippen molar-refractivity contribution in [2.75, 3.05) is 19.0 Å². The van der Waals surface area contributed by atoms with Gasteiger partial charge in [0.15, 0.2) is 0 Å². The Balaban J connectivity index is 1.78. The van der Waals surface area contributed by atoms with Gasteiger partial charge in [-0.1, -0.05) is 30.3 Å². The average molecular weight is 314 g/mol. The molecule has 4 nitrogen and oxygen atoms in total. The van der Waals surface area contributed by atoms with Crippen molar-refractivity contribution >= 4 is 11.7 Å². The Bertz CT molecular complexity index is 691. The smallest absolute Gasteiger partial charge is 0.322 e. The number of urea groups is 1. The van der Waals surface area contributed by atoms with Gasteiger partial charge in [0.05, 0.1) is 18.8 Å². The summed E-state index contributed by atoms with van der Waals surface area (Å²) in [4.78, 5) is 14.4. The highest BCUT2D eigenvalue weighted by Crippen LogP contribution is 2.33. The molecular weight excluding hydrogens is 295 g/mol. The van der Waals surface area contributed by atoms with Crippen molar-refractivity contribution in [1.82, 2.24) is 4.90 Å². The van der Waals surface area contributed by atoms with Gasteiger partial charge in [-0.25, -0.2) is 9.18 Å². The van der Waals surface area contributed by atoms with Crippen molar-refractivity contribution in [3.63, 3.8) is 0 Å². The average Bonchev–Trinajstić information content (AvgIpc) is 3.07. The summed E-state index contributed by atoms with van der Waals surface area (Å²) in [5.74, 6) is -0.0861. The molecule has 0 aliphatic carbocycles. The highest BCUT2D eigenvalue weighted by Gasteiger charge is 2.30. The molecule has 0 aromatic heterocycles. The van der Waals surface area contributed by atoms with Crippen LogP contribution in [0.5, 0.6) is 5.75 Å². The van der Waals surface area contributed by atoms with Crippen molar-refractivity contribution in [3.8, 4) is 5.75 Å². The number of nitrogens with zero attached hydrogens (tertiary/aromatic N) is 1. The number of benzene rings is 2. The summed E-state index contributed by atoms with van der Waals surface area (Å²) in [7, 11) is 1.45. The first kappa shape index (κ1) is 15.3. The summed E-state index contributed by atoms with van der Waals surface area (Å²) in [5.41, 5.74) is 1.60. The van der Waals surface area contributed by atoms with Gasteiger partial charge in [-0.3, -0.25) is 0 Å². The van der Waals surface area contributed by atoms with E-state index in [4.69, 9.17) is 4.74 Å². The summed E-state index contributed by atoms with van der Waals surface area (Å²) < 4.78 is 18.4. The molecule has 0 radical (unpaired) electrons. The Labute approximate surface area is 134 Å². The number of amides is 2. The van der Waals surface area contributed by atoms with E-state index < -0.39 is 5.82 Å². The summed E-state index contributed by atoms with van der Waals surface area (Å²) in [5, 5.41) is 2.83. The molecule has 1 N–H and O–H groups in total. The normalized spacial score (nSPS) is 17.1. The lowest BCUT2D eigenvalue weighted by Gasteiger charge is -2.25. The van der Waals surface area contributed by atoms with Gasteiger partial charge in [0, 0.05) is 12.6 Å². The zero-order valence-electron chi connectivity index (χ0n) is 13.0. The third kappa shape index (κ3) is 3.28. The van der Waals surface area contributed by atoms with Crippen LogP contribution < -0.4 is 10.1 Å². The van der Waals surface area contributed by atoms with Gasteiger partial charge in [-0.15, -0.1) is 0 Å². The van der Waals surface area contributed by atoms with Gasteiger partial charge in [-0.2, -0.15) is 0 Å². The number of hydrogen-bond donors (Lipinski definition) is 1. The van der Waals surface area contributed by atoms with Gasteiger partial charge in [0.1, 0.15) is 11.6 Å². The second-order valence-corrected chi connectivity index (χ2v) is 5.54. The van der Waals surface area contributed by atoms with Crippen molar-refractivity contribution in [2.45, 2.75) is 18.9 Å². The summed E-state index contributed by atoms with van der Waals surface area (Å²) in [6, 6.07) is 13.9. The van der Waals surface area contributed by atoms with Crippen LogP contribution in [0.3, 0.4) is 0 Å². The molecule has 2 amide bonds. The fraction of sp³-hybridized carbons (Fsp3) is 0.278. The number of halogens is 1. The van der Waals surface area contributed by atoms with Gasteiger partial charge in [-0.05, 0) is 30.5 Å². The van der Waals surface area contributed by atoms with E-state index in [1.165, 1.54) is 25.3 Å². The Kier molecular flexibility index (Phi) is 4.46. The lowest BCUT2D eigenvalue weighted by Crippen LogP contribution is -2.34. The fourth-order valence-electron chi connectivity index (χ4n) is 2.99. The van der Waals surface area contributed by atoms with Crippen LogP contribution in [0.15, 0.2) is 48.5 Å². The number of methoxy groups -OCH3 is 1. The number of ether oxygens (including phenoxy) is 1. The predicted octanol–water partition coefficient (Wildman–Crippen LogP) is 4.20. The van der Waals surface area contributed by atoms with E-state index in [9.17, 15) is 9.18 Å². The lowest BCUT2D eigenvalue weighted by molar-refractivity contribution is 0.207. The van der Waals surface area contributed by atoms with Crippen LogP contribution in [0.4, 0.5) is 14.9 Å². The van der Waals surface area contributed by atoms with Crippen molar-refractivity contribution in [1.29, 1.82) is 0 Å². The van der Waals surface area contributed by atoms with E-state index >= 15 is 0 Å². The Morgan fingerprint density at radius 2 is 2.04 bits per heavy atom. The summed E-state index contributed by atoms with van der Waals surface area (Å²) in [6.07, 6.45) is 1.91. The van der Waals surface area contributed by atoms with Gasteiger partial charge >= 0.3 is 6.03 Å². The highest BCUT2D eigenvalue weighted by atomic mass is 19.1. The van der Waals surface area contributed by atoms with E-state index in [1.54, 1.807) is 0 Å². The molecule has 0 bridgehead atoms. The highest BCUT2D eigenvalue weighted by molar-refractivity contribution is 5.91. The van der Waals surface area contributed by atoms with Crippen molar-refractivity contribution in [3.05, 3.63) is 59.9 Å². The SMILES string of the molecule is COc1cc(F)ccc1NC(=O)N1CCCC1c1ccccc1. The Hall–Kier alpha value is -2.56. The molecule has 23 heavy (non-hydrogen) atoms. The number of hydrogen-bond acceptors (Lipinski definition) is 2. The lowest BCUT2D eigenvalue weighted by atomic mass is 10.1. The maximum absolute atomic E-state index is 13.3. The van der Waals surface area contributed by atoms with Crippen LogP contribution in [-0.2, 0) is 0 Å². The molecule has 1 atom stereocenters. The molecule has 1 saturated heterocycles. The molecule has 5 heteroatoms. The molecule has 1 aliphatic rings. The molecule has 3 rings (SSSR count). The standard InChI is InChI=1S/C18H19FN2O2/c1-23-17-12-14(19)9-10-15(17)20-18(22)21-11-5-8-16(21)13-6-3-2-4-7-13/h2-4,6-7,9-10,12,16H,5,8,11H2,1H3,(H,20,22). The third-order valence-corrected chi connectivity index (χ3v) is 4.10. The van der Waals surface area contributed by atoms with Crippen LogP contribution in [0.1, 0.15) is 24.4 Å². The predicted molar refractivity (Wildman–Crippen MR) is 87.1 cm³/mol. The van der Waals surface area contributed by atoms with E-state index in [0.717, 1.165) is 18.4 Å². The molecular formula is C18H19FN2O2. The zero-order valence-corrected chi connectivity index (χ0v) is 13.0. The first-order valence-corrected chi connectivity index (χ1v) is 7.65. The van der Waals surface area contributed by atoms with Gasteiger partial charge < -0.3 is 15.0 Å². The third-order valence-electron chi connectivity index (χ3n) is 4.10. The molecule has 0 saturated carbocycles. The number of nitrogens with one attached hydrogen (secondary N) is 1. The second-order valence-electron chi connectivity index (χ2n) is 5.54. The summed E-state index contributed by atoms with van der Waals surface area (Å²) >= 11 is 0. The quantitative estimate of drug-likeness (QED) is 0.922. The molecule has 1 unspecified atom stereocenters. The first-order valence-electron chi connectivity index (χ1n) is 7.65. The topological polar surface area (TPSA) is 41.6 Å². The molecule has 0 spiro atoms. The van der Waals surface area contributed by atoms with Crippen LogP contribution in [0.2, 0.25) is 0 Å². The van der Waals surface area contributed by atoms with Crippen molar-refractivity contribution in [2.24, 2.45) is 0 Å². The van der Waals surface area contributed by atoms with Gasteiger partial charge in [0.25, 0.3) is 0 Å². The maximum Gasteiger partial charge on any atom is 0.322 e. The van der Waals surface area contributed by atoms with Crippen LogP contribution in [0, 0.1) is 5.82 Å². The minimum Gasteiger partial charge on any atom is -0.494 e. The largest absolute Gasteiger partial charge is 0.494 e. The van der Waals surface area contributed by atoms with E-state index in [-0.39, 0.29) is 12.1 Å². The Morgan fingerprint density at radius 1 is 1.26 bits per heavy atom. The van der Waals surface area contributed by atoms with Crippen LogP contribution in [0.25, 0.3) is 0 Å². The maximum atomic E-state index is 13.3. The van der Waals surface area contributed by atoms with E-state index in [0.29, 0.717) is 18.0 Å². The Morgan fingerprint density at radius 3 is 2.78 bits per heavy atom. The molecule has 1 aliphatic heterocycles. The molecule has 2 aromatic rings. The van der Waals surface area contributed by atoms with E-state index in [1.807, 2.05) is 35.2 Å². The minimum atomic E-state index is -0.400. The monoisotopic (exact) mass is 314 g/mol.